The Morgan fingerprint density at radius 1 is 0.977 bits per heavy atom. The van der Waals surface area contributed by atoms with E-state index in [9.17, 15) is 9.59 Å². The zero-order valence-electron chi connectivity index (χ0n) is 26.3. The molecule has 2 aliphatic rings. The van der Waals surface area contributed by atoms with Gasteiger partial charge in [-0.2, -0.15) is 0 Å². The highest BCUT2D eigenvalue weighted by Gasteiger charge is 2.34. The topological polar surface area (TPSA) is 91.1 Å². The molecule has 0 radical (unpaired) electrons. The summed E-state index contributed by atoms with van der Waals surface area (Å²) in [7, 11) is 0. The number of allylic oxidation sites excluding steroid dienone is 3. The molecule has 8 heteroatoms. The minimum Gasteiger partial charge on any atom is -0.476 e. The summed E-state index contributed by atoms with van der Waals surface area (Å²) in [4.78, 5) is 32.2. The van der Waals surface area contributed by atoms with Gasteiger partial charge in [0.1, 0.15) is 24.7 Å². The fourth-order valence-electron chi connectivity index (χ4n) is 5.72. The molecule has 0 saturated heterocycles. The minimum absolute atomic E-state index is 0.0503. The van der Waals surface area contributed by atoms with E-state index >= 15 is 0 Å². The molecule has 1 heterocycles. The number of aryl methyl sites for hydroxylation is 1. The number of aromatic nitrogens is 1. The van der Waals surface area contributed by atoms with Crippen LogP contribution < -0.4 is 0 Å². The van der Waals surface area contributed by atoms with Crippen molar-refractivity contribution in [2.75, 3.05) is 19.8 Å². The third-order valence-electron chi connectivity index (χ3n) is 7.91. The Bertz CT molecular complexity index is 1600. The lowest BCUT2D eigenvalue weighted by Gasteiger charge is -2.27. The summed E-state index contributed by atoms with van der Waals surface area (Å²) in [6, 6.07) is 16.5. The van der Waals surface area contributed by atoms with E-state index in [2.05, 4.69) is 35.3 Å². The summed E-state index contributed by atoms with van der Waals surface area (Å²) in [5.41, 5.74) is 6.24. The monoisotopic (exact) mass is 596 g/mol. The quantitative estimate of drug-likeness (QED) is 0.222. The molecule has 230 valence electrons. The van der Waals surface area contributed by atoms with E-state index in [1.165, 1.54) is 11.1 Å². The molecule has 2 aliphatic carbocycles. The molecule has 0 saturated carbocycles. The van der Waals surface area contributed by atoms with E-state index < -0.39 is 17.7 Å². The third-order valence-corrected chi connectivity index (χ3v) is 7.91. The first-order chi connectivity index (χ1) is 21.1. The van der Waals surface area contributed by atoms with Crippen LogP contribution in [0, 0.1) is 6.92 Å². The number of esters is 1. The molecule has 0 aliphatic heterocycles. The molecule has 0 bridgehead atoms. The maximum absolute atomic E-state index is 13.7. The number of amides is 1. The highest BCUT2D eigenvalue weighted by molar-refractivity contribution is 5.79. The Kier molecular flexibility index (Phi) is 9.09. The number of hydrogen-bond acceptors (Lipinski definition) is 7. The number of oxazole rings is 1. The lowest BCUT2D eigenvalue weighted by molar-refractivity contribution is -0.163. The first-order valence-electron chi connectivity index (χ1n) is 15.0. The van der Waals surface area contributed by atoms with Crippen LogP contribution in [0.25, 0.3) is 11.1 Å². The molecule has 0 atom stereocenters. The summed E-state index contributed by atoms with van der Waals surface area (Å²) in [6.07, 6.45) is 5.83. The van der Waals surface area contributed by atoms with Crippen LogP contribution >= 0.6 is 0 Å². The van der Waals surface area contributed by atoms with Gasteiger partial charge in [-0.05, 0) is 86.9 Å². The van der Waals surface area contributed by atoms with Gasteiger partial charge in [0.2, 0.25) is 5.89 Å². The van der Waals surface area contributed by atoms with Crippen LogP contribution in [0.15, 0.2) is 93.8 Å². The van der Waals surface area contributed by atoms with Crippen molar-refractivity contribution < 1.29 is 28.2 Å². The van der Waals surface area contributed by atoms with Gasteiger partial charge in [0.05, 0.1) is 12.8 Å². The minimum atomic E-state index is -1.15. The highest BCUT2D eigenvalue weighted by Crippen LogP contribution is 2.44. The van der Waals surface area contributed by atoms with E-state index in [1.807, 2.05) is 51.1 Å². The maximum atomic E-state index is 13.7. The van der Waals surface area contributed by atoms with Crippen LogP contribution in [0.3, 0.4) is 0 Å². The van der Waals surface area contributed by atoms with Crippen molar-refractivity contribution in [1.29, 1.82) is 0 Å². The molecule has 2 aromatic carbocycles. The van der Waals surface area contributed by atoms with Gasteiger partial charge in [0.15, 0.2) is 5.60 Å². The van der Waals surface area contributed by atoms with Crippen molar-refractivity contribution in [3.63, 3.8) is 0 Å². The van der Waals surface area contributed by atoms with E-state index in [1.54, 1.807) is 31.9 Å². The number of nitrogens with zero attached hydrogens (tertiary/aromatic N) is 2. The second kappa shape index (κ2) is 13.0. The number of rotatable bonds is 10. The average Bonchev–Trinajstić information content (AvgIpc) is 3.53. The molecule has 44 heavy (non-hydrogen) atoms. The fraction of sp³-hybridized carbons (Fsp3) is 0.361. The van der Waals surface area contributed by atoms with Gasteiger partial charge in [-0.1, -0.05) is 60.7 Å². The Morgan fingerprint density at radius 2 is 1.64 bits per heavy atom. The third kappa shape index (κ3) is 6.64. The van der Waals surface area contributed by atoms with Crippen molar-refractivity contribution in [1.82, 2.24) is 9.88 Å². The van der Waals surface area contributed by atoms with Gasteiger partial charge in [0, 0.05) is 12.5 Å². The van der Waals surface area contributed by atoms with Crippen molar-refractivity contribution in [3.05, 3.63) is 112 Å². The van der Waals surface area contributed by atoms with Gasteiger partial charge in [0.25, 0.3) is 0 Å². The first kappa shape index (κ1) is 30.9. The Balaban J connectivity index is 1.34. The normalized spacial score (nSPS) is 14.7. The van der Waals surface area contributed by atoms with Crippen molar-refractivity contribution in [2.45, 2.75) is 66.0 Å². The molecule has 3 aromatic rings. The van der Waals surface area contributed by atoms with Crippen LogP contribution in [-0.2, 0) is 25.5 Å². The maximum Gasteiger partial charge on any atom is 0.410 e. The number of hydrogen-bond donors (Lipinski definition) is 0. The standard InChI is InChI=1S/C36H40N2O6/c1-7-41-34(39)36(5,6)44-33-23(2)16-17-26(18-24(33)3)20-38(21-32-37-19-25(4)43-32)35(40)42-22-31-29-14-10-8-12-27(29)28-13-9-11-15-30(28)31/h8-15,17-19,31H,7,16,20-22H2,1-6H3. The number of carbonyl (C=O) groups is 2. The van der Waals surface area contributed by atoms with Crippen LogP contribution in [-0.4, -0.2) is 47.3 Å². The average molecular weight is 597 g/mol. The van der Waals surface area contributed by atoms with Gasteiger partial charge in [-0.3, -0.25) is 4.90 Å². The zero-order chi connectivity index (χ0) is 31.4. The van der Waals surface area contributed by atoms with Gasteiger partial charge in [-0.25, -0.2) is 14.6 Å². The zero-order valence-corrected chi connectivity index (χ0v) is 26.3. The van der Waals surface area contributed by atoms with Gasteiger partial charge in [-0.15, -0.1) is 0 Å². The molecule has 0 unspecified atom stereocenters. The number of carbonyl (C=O) groups excluding carboxylic acids is 2. The number of ether oxygens (including phenoxy) is 3. The van der Waals surface area contributed by atoms with E-state index in [4.69, 9.17) is 18.6 Å². The summed E-state index contributed by atoms with van der Waals surface area (Å²) in [5, 5.41) is 0. The SMILES string of the molecule is CCOC(=O)C(C)(C)OC1=C(C)CC=C(CN(Cc2ncc(C)o2)C(=O)OCC2c3ccccc3-c3ccccc32)C=C1C. The highest BCUT2D eigenvalue weighted by atomic mass is 16.6. The van der Waals surface area contributed by atoms with Gasteiger partial charge >= 0.3 is 12.1 Å². The molecule has 1 aromatic heterocycles. The fourth-order valence-corrected chi connectivity index (χ4v) is 5.72. The summed E-state index contributed by atoms with van der Waals surface area (Å²) in [6.45, 7) is 11.8. The molecular formula is C36H40N2O6. The summed E-state index contributed by atoms with van der Waals surface area (Å²) >= 11 is 0. The van der Waals surface area contributed by atoms with Crippen LogP contribution in [0.5, 0.6) is 0 Å². The first-order valence-corrected chi connectivity index (χ1v) is 15.0. The van der Waals surface area contributed by atoms with Gasteiger partial charge < -0.3 is 18.6 Å². The Labute approximate surface area is 259 Å². The van der Waals surface area contributed by atoms with Crippen LogP contribution in [0.4, 0.5) is 4.79 Å². The Morgan fingerprint density at radius 3 is 2.25 bits per heavy atom. The predicted octanol–water partition coefficient (Wildman–Crippen LogP) is 7.64. The predicted molar refractivity (Wildman–Crippen MR) is 168 cm³/mol. The van der Waals surface area contributed by atoms with Crippen molar-refractivity contribution in [3.8, 4) is 11.1 Å². The number of fused-ring (bicyclic) bond motifs is 3. The molecular weight excluding hydrogens is 556 g/mol. The molecule has 0 N–H and O–H groups in total. The van der Waals surface area contributed by atoms with E-state index in [0.717, 1.165) is 27.8 Å². The largest absolute Gasteiger partial charge is 0.476 e. The molecule has 1 amide bonds. The second-order valence-electron chi connectivity index (χ2n) is 11.8. The van der Waals surface area contributed by atoms with Crippen molar-refractivity contribution in [2.24, 2.45) is 0 Å². The molecule has 0 spiro atoms. The van der Waals surface area contributed by atoms with E-state index in [-0.39, 0.29) is 32.2 Å². The van der Waals surface area contributed by atoms with Crippen molar-refractivity contribution >= 4 is 12.1 Å². The Hall–Kier alpha value is -4.59. The summed E-state index contributed by atoms with van der Waals surface area (Å²) in [5.74, 6) is 1.27. The molecule has 8 nitrogen and oxygen atoms in total. The second-order valence-corrected chi connectivity index (χ2v) is 11.8. The lowest BCUT2D eigenvalue weighted by Crippen LogP contribution is -2.37. The van der Waals surface area contributed by atoms with E-state index in [0.29, 0.717) is 23.8 Å². The number of benzene rings is 2. The smallest absolute Gasteiger partial charge is 0.410 e. The van der Waals surface area contributed by atoms with Crippen LogP contribution in [0.2, 0.25) is 0 Å². The van der Waals surface area contributed by atoms with Crippen LogP contribution in [0.1, 0.15) is 69.7 Å². The molecule has 0 fully saturated rings. The molecule has 5 rings (SSSR count). The summed E-state index contributed by atoms with van der Waals surface area (Å²) < 4.78 is 23.2. The lowest BCUT2D eigenvalue weighted by atomic mass is 9.98.